The Labute approximate surface area is 77.3 Å². The van der Waals surface area contributed by atoms with Gasteiger partial charge < -0.3 is 4.74 Å². The van der Waals surface area contributed by atoms with Gasteiger partial charge in [0.15, 0.2) is 0 Å². The normalized spacial score (nSPS) is 18.6. The van der Waals surface area contributed by atoms with Gasteiger partial charge in [-0.1, -0.05) is 24.3 Å². The molecule has 0 aliphatic heterocycles. The van der Waals surface area contributed by atoms with Gasteiger partial charge in [0.2, 0.25) is 0 Å². The summed E-state index contributed by atoms with van der Waals surface area (Å²) in [6.45, 7) is 6.34. The second kappa shape index (κ2) is 4.05. The predicted octanol–water partition coefficient (Wildman–Crippen LogP) is 1.84. The van der Waals surface area contributed by atoms with Crippen molar-refractivity contribution in [2.45, 2.75) is 31.9 Å². The van der Waals surface area contributed by atoms with Gasteiger partial charge in [0, 0.05) is 6.23 Å². The highest BCUT2D eigenvalue weighted by Gasteiger charge is 2.11. The molecule has 1 aliphatic carbocycles. The van der Waals surface area contributed by atoms with E-state index < -0.39 is 0 Å². The molecule has 0 aromatic carbocycles. The van der Waals surface area contributed by atoms with E-state index in [0.29, 0.717) is 0 Å². The first kappa shape index (κ1) is 9.74. The molecule has 0 N–H and O–H groups in total. The Morgan fingerprint density at radius 3 is 2.33 bits per heavy atom. The largest absolute Gasteiger partial charge is 0.380 e. The van der Waals surface area contributed by atoms with Crippen LogP contribution in [-0.2, 0) is 4.74 Å². The molecule has 12 heavy (non-hydrogen) atoms. The monoisotopic (exact) mass is 182 g/mol. The molecule has 68 valence electrons. The van der Waals surface area contributed by atoms with Crippen molar-refractivity contribution in [3.05, 3.63) is 24.3 Å². The molecule has 0 bridgehead atoms. The number of ether oxygens (including phenoxy) is 1. The van der Waals surface area contributed by atoms with Crippen LogP contribution in [0, 0.1) is 0 Å². The van der Waals surface area contributed by atoms with Gasteiger partial charge in [-0.3, -0.25) is 0 Å². The summed E-state index contributed by atoms with van der Waals surface area (Å²) in [5, 5.41) is 0. The van der Waals surface area contributed by atoms with Gasteiger partial charge in [-0.05, 0) is 26.3 Å². The van der Waals surface area contributed by atoms with Crippen molar-refractivity contribution in [3.63, 3.8) is 0 Å². The van der Waals surface area contributed by atoms with E-state index in [1.165, 1.54) is 0 Å². The zero-order valence-electron chi connectivity index (χ0n) is 8.21. The smallest absolute Gasteiger partial charge is 0.0637 e. The molecule has 0 aromatic rings. The van der Waals surface area contributed by atoms with Crippen molar-refractivity contribution in [1.82, 2.24) is 0 Å². The van der Waals surface area contributed by atoms with Crippen LogP contribution >= 0.6 is 0 Å². The maximum absolute atomic E-state index is 5.69. The summed E-state index contributed by atoms with van der Waals surface area (Å²) in [6, 6.07) is 0. The molecule has 0 heterocycles. The topological polar surface area (TPSA) is 9.23 Å². The SMILES string of the molecule is CC(C)(C)OC[SiH2]C1C=CC=C1. The maximum atomic E-state index is 5.69. The van der Waals surface area contributed by atoms with Gasteiger partial charge in [0.05, 0.1) is 15.1 Å². The number of rotatable bonds is 3. The molecule has 0 amide bonds. The Balaban J connectivity index is 2.10. The second-order valence-corrected chi connectivity index (χ2v) is 6.11. The van der Waals surface area contributed by atoms with Crippen LogP contribution in [0.5, 0.6) is 0 Å². The molecule has 0 atom stereocenters. The molecule has 0 spiro atoms. The lowest BCUT2D eigenvalue weighted by Gasteiger charge is -2.19. The van der Waals surface area contributed by atoms with Crippen LogP contribution < -0.4 is 0 Å². The third-order valence-electron chi connectivity index (χ3n) is 1.81. The van der Waals surface area contributed by atoms with Gasteiger partial charge in [0.25, 0.3) is 0 Å². The van der Waals surface area contributed by atoms with Crippen LogP contribution in [0.1, 0.15) is 20.8 Å². The van der Waals surface area contributed by atoms with Crippen molar-refractivity contribution in [3.8, 4) is 0 Å². The molecular weight excluding hydrogens is 164 g/mol. The summed E-state index contributed by atoms with van der Waals surface area (Å²) in [5.41, 5.74) is 0.784. The number of allylic oxidation sites excluding steroid dienone is 4. The van der Waals surface area contributed by atoms with E-state index in [1.54, 1.807) is 0 Å². The fourth-order valence-electron chi connectivity index (χ4n) is 1.17. The first-order chi connectivity index (χ1) is 5.58. The molecule has 0 aromatic heterocycles. The van der Waals surface area contributed by atoms with Gasteiger partial charge in [0.1, 0.15) is 0 Å². The third-order valence-corrected chi connectivity index (χ3v) is 3.46. The van der Waals surface area contributed by atoms with Crippen molar-refractivity contribution >= 4 is 9.52 Å². The van der Waals surface area contributed by atoms with E-state index in [4.69, 9.17) is 4.74 Å². The highest BCUT2D eigenvalue weighted by molar-refractivity contribution is 6.39. The minimum Gasteiger partial charge on any atom is -0.380 e. The van der Waals surface area contributed by atoms with E-state index in [0.717, 1.165) is 11.8 Å². The Morgan fingerprint density at radius 2 is 1.83 bits per heavy atom. The van der Waals surface area contributed by atoms with E-state index in [2.05, 4.69) is 45.1 Å². The van der Waals surface area contributed by atoms with Gasteiger partial charge >= 0.3 is 0 Å². The second-order valence-electron chi connectivity index (χ2n) is 4.18. The first-order valence-corrected chi connectivity index (χ1v) is 6.38. The minimum absolute atomic E-state index is 0.0407. The van der Waals surface area contributed by atoms with Crippen LogP contribution in [0.15, 0.2) is 24.3 Å². The third kappa shape index (κ3) is 3.88. The van der Waals surface area contributed by atoms with Crippen molar-refractivity contribution in [2.75, 3.05) is 6.23 Å². The molecule has 0 fully saturated rings. The molecular formula is C10H18OSi. The van der Waals surface area contributed by atoms with E-state index in [1.807, 2.05) is 0 Å². The molecule has 1 nitrogen and oxygen atoms in total. The van der Waals surface area contributed by atoms with Gasteiger partial charge in [-0.15, -0.1) is 0 Å². The Kier molecular flexibility index (Phi) is 3.29. The summed E-state index contributed by atoms with van der Waals surface area (Å²) in [6.07, 6.45) is 9.81. The number of hydrogen-bond acceptors (Lipinski definition) is 1. The molecule has 2 heteroatoms. The summed E-state index contributed by atoms with van der Waals surface area (Å²) in [4.78, 5) is 0. The van der Waals surface area contributed by atoms with E-state index in [9.17, 15) is 0 Å². The van der Waals surface area contributed by atoms with Crippen LogP contribution in [0.4, 0.5) is 0 Å². The molecule has 0 saturated carbocycles. The van der Waals surface area contributed by atoms with Crippen molar-refractivity contribution in [1.29, 1.82) is 0 Å². The summed E-state index contributed by atoms with van der Waals surface area (Å²) < 4.78 is 5.69. The molecule has 1 rings (SSSR count). The van der Waals surface area contributed by atoms with Crippen LogP contribution in [0.3, 0.4) is 0 Å². The predicted molar refractivity (Wildman–Crippen MR) is 56.3 cm³/mol. The van der Waals surface area contributed by atoms with Crippen LogP contribution in [0.2, 0.25) is 5.54 Å². The minimum atomic E-state index is -0.0879. The summed E-state index contributed by atoms with van der Waals surface area (Å²) >= 11 is 0. The molecule has 0 saturated heterocycles. The van der Waals surface area contributed by atoms with Gasteiger partial charge in [-0.25, -0.2) is 0 Å². The fraction of sp³-hybridized carbons (Fsp3) is 0.600. The number of hydrogen-bond donors (Lipinski definition) is 0. The van der Waals surface area contributed by atoms with Crippen molar-refractivity contribution < 1.29 is 4.74 Å². The molecule has 0 radical (unpaired) electrons. The Bertz CT molecular complexity index is 177. The average Bonchev–Trinajstić information content (AvgIpc) is 2.36. The first-order valence-electron chi connectivity index (χ1n) is 4.57. The zero-order valence-corrected chi connectivity index (χ0v) is 9.62. The van der Waals surface area contributed by atoms with Crippen LogP contribution in [0.25, 0.3) is 0 Å². The summed E-state index contributed by atoms with van der Waals surface area (Å²) in [5.74, 6) is 0. The quantitative estimate of drug-likeness (QED) is 0.605. The average molecular weight is 182 g/mol. The van der Waals surface area contributed by atoms with Crippen molar-refractivity contribution in [2.24, 2.45) is 0 Å². The van der Waals surface area contributed by atoms with Gasteiger partial charge in [-0.2, -0.15) is 0 Å². The zero-order chi connectivity index (χ0) is 9.03. The Hall–Kier alpha value is -0.343. The fourth-order valence-corrected chi connectivity index (χ4v) is 2.87. The van der Waals surface area contributed by atoms with Crippen LogP contribution in [-0.4, -0.2) is 21.4 Å². The molecule has 1 aliphatic rings. The lowest BCUT2D eigenvalue weighted by molar-refractivity contribution is 0.0246. The Morgan fingerprint density at radius 1 is 1.25 bits per heavy atom. The van der Waals surface area contributed by atoms with E-state index in [-0.39, 0.29) is 15.1 Å². The maximum Gasteiger partial charge on any atom is 0.0637 e. The van der Waals surface area contributed by atoms with E-state index >= 15 is 0 Å². The molecule has 0 unspecified atom stereocenters. The standard InChI is InChI=1S/C10H18OSi/c1-10(2,3)11-8-12-9-6-4-5-7-9/h4-7,9H,8,12H2,1-3H3. The highest BCUT2D eigenvalue weighted by atomic mass is 28.2. The lowest BCUT2D eigenvalue weighted by atomic mass is 10.2. The lowest BCUT2D eigenvalue weighted by Crippen LogP contribution is -2.23. The summed E-state index contributed by atoms with van der Waals surface area (Å²) in [7, 11) is -0.0879. The highest BCUT2D eigenvalue weighted by Crippen LogP contribution is 2.14.